The Balaban J connectivity index is 1.74. The number of carbonyl (C=O) groups is 3. The van der Waals surface area contributed by atoms with Gasteiger partial charge in [-0.25, -0.2) is 4.79 Å². The van der Waals surface area contributed by atoms with Crippen molar-refractivity contribution in [3.05, 3.63) is 12.2 Å². The van der Waals surface area contributed by atoms with E-state index in [4.69, 9.17) is 5.11 Å². The lowest BCUT2D eigenvalue weighted by Crippen LogP contribution is -2.50. The van der Waals surface area contributed by atoms with Crippen LogP contribution in [-0.2, 0) is 9.59 Å². The van der Waals surface area contributed by atoms with Crippen LogP contribution in [0.25, 0.3) is 0 Å². The molecule has 2 aliphatic heterocycles. The Hall–Kier alpha value is -1.89. The van der Waals surface area contributed by atoms with E-state index in [1.54, 1.807) is 0 Å². The van der Waals surface area contributed by atoms with Crippen LogP contribution in [0.4, 0.5) is 4.79 Å². The van der Waals surface area contributed by atoms with Crippen molar-refractivity contribution in [2.75, 3.05) is 39.3 Å². The van der Waals surface area contributed by atoms with Crippen molar-refractivity contribution in [1.29, 1.82) is 0 Å². The summed E-state index contributed by atoms with van der Waals surface area (Å²) in [6.07, 6.45) is 1.64. The van der Waals surface area contributed by atoms with Crippen LogP contribution in [0.1, 0.15) is 0 Å². The molecule has 0 atom stereocenters. The number of imide groups is 1. The average Bonchev–Trinajstić information content (AvgIpc) is 2.67. The lowest BCUT2D eigenvalue weighted by Gasteiger charge is -2.33. The Morgan fingerprint density at radius 3 is 2.11 bits per heavy atom. The molecule has 7 nitrogen and oxygen atoms in total. The Labute approximate surface area is 104 Å². The van der Waals surface area contributed by atoms with Crippen molar-refractivity contribution in [2.45, 2.75) is 0 Å². The fourth-order valence-electron chi connectivity index (χ4n) is 2.06. The molecule has 0 aromatic carbocycles. The quantitative estimate of drug-likeness (QED) is 0.666. The molecule has 0 aromatic heterocycles. The van der Waals surface area contributed by atoms with E-state index < -0.39 is 6.09 Å². The van der Waals surface area contributed by atoms with Gasteiger partial charge >= 0.3 is 6.09 Å². The number of rotatable bonds is 3. The van der Waals surface area contributed by atoms with Gasteiger partial charge in [0.2, 0.25) is 0 Å². The van der Waals surface area contributed by atoms with Crippen LogP contribution in [0, 0.1) is 0 Å². The van der Waals surface area contributed by atoms with Gasteiger partial charge in [0.25, 0.3) is 11.8 Å². The van der Waals surface area contributed by atoms with E-state index in [0.29, 0.717) is 39.3 Å². The molecule has 7 heteroatoms. The minimum absolute atomic E-state index is 0.274. The van der Waals surface area contributed by atoms with Crippen molar-refractivity contribution in [3.8, 4) is 0 Å². The van der Waals surface area contributed by atoms with Gasteiger partial charge in [-0.05, 0) is 0 Å². The maximum absolute atomic E-state index is 11.3. The highest BCUT2D eigenvalue weighted by Crippen LogP contribution is 2.06. The van der Waals surface area contributed by atoms with Gasteiger partial charge in [0.1, 0.15) is 0 Å². The fourth-order valence-corrected chi connectivity index (χ4v) is 2.06. The standard InChI is InChI=1S/C11H15N3O4/c15-9-1-2-10(16)14(9)8-5-12-3-6-13(7-4-12)11(17)18/h1-2H,3-8H2,(H,17,18). The van der Waals surface area contributed by atoms with Crippen molar-refractivity contribution in [1.82, 2.24) is 14.7 Å². The van der Waals surface area contributed by atoms with E-state index in [2.05, 4.69) is 4.90 Å². The number of carboxylic acid groups (broad SMARTS) is 1. The first-order chi connectivity index (χ1) is 8.58. The highest BCUT2D eigenvalue weighted by atomic mass is 16.4. The summed E-state index contributed by atoms with van der Waals surface area (Å²) in [6, 6.07) is 0. The first-order valence-corrected chi connectivity index (χ1v) is 5.81. The Kier molecular flexibility index (Phi) is 3.61. The molecule has 1 saturated heterocycles. The van der Waals surface area contributed by atoms with Gasteiger partial charge in [-0.3, -0.25) is 19.4 Å². The minimum atomic E-state index is -0.899. The maximum Gasteiger partial charge on any atom is 0.407 e. The number of hydrogen-bond acceptors (Lipinski definition) is 4. The zero-order valence-electron chi connectivity index (χ0n) is 9.91. The van der Waals surface area contributed by atoms with Crippen molar-refractivity contribution in [2.24, 2.45) is 0 Å². The van der Waals surface area contributed by atoms with Gasteiger partial charge < -0.3 is 10.0 Å². The lowest BCUT2D eigenvalue weighted by molar-refractivity contribution is -0.137. The van der Waals surface area contributed by atoms with Gasteiger partial charge in [-0.2, -0.15) is 0 Å². The molecule has 1 fully saturated rings. The van der Waals surface area contributed by atoms with E-state index in [0.717, 1.165) is 0 Å². The molecule has 0 radical (unpaired) electrons. The molecule has 0 aliphatic carbocycles. The Morgan fingerprint density at radius 1 is 1.06 bits per heavy atom. The van der Waals surface area contributed by atoms with E-state index in [-0.39, 0.29) is 11.8 Å². The molecule has 3 amide bonds. The van der Waals surface area contributed by atoms with Crippen LogP contribution >= 0.6 is 0 Å². The minimum Gasteiger partial charge on any atom is -0.465 e. The molecule has 98 valence electrons. The van der Waals surface area contributed by atoms with Gasteiger partial charge in [-0.15, -0.1) is 0 Å². The Bertz CT molecular complexity index is 381. The third kappa shape index (κ3) is 2.67. The molecule has 1 N–H and O–H groups in total. The number of amides is 3. The Morgan fingerprint density at radius 2 is 1.61 bits per heavy atom. The zero-order chi connectivity index (χ0) is 13.1. The molecule has 18 heavy (non-hydrogen) atoms. The van der Waals surface area contributed by atoms with Gasteiger partial charge in [0, 0.05) is 51.4 Å². The summed E-state index contributed by atoms with van der Waals surface area (Å²) in [5.74, 6) is -0.548. The van der Waals surface area contributed by atoms with Gasteiger partial charge in [0.15, 0.2) is 0 Å². The van der Waals surface area contributed by atoms with Crippen LogP contribution < -0.4 is 0 Å². The highest BCUT2D eigenvalue weighted by molar-refractivity contribution is 6.12. The third-order valence-electron chi connectivity index (χ3n) is 3.18. The van der Waals surface area contributed by atoms with Crippen LogP contribution in [-0.4, -0.2) is 77.0 Å². The van der Waals surface area contributed by atoms with Gasteiger partial charge in [0.05, 0.1) is 0 Å². The summed E-state index contributed by atoms with van der Waals surface area (Å²) in [6.45, 7) is 3.15. The van der Waals surface area contributed by atoms with Gasteiger partial charge in [-0.1, -0.05) is 0 Å². The first kappa shape index (κ1) is 12.6. The average molecular weight is 253 g/mol. The fraction of sp³-hybridized carbons (Fsp3) is 0.545. The summed E-state index contributed by atoms with van der Waals surface area (Å²) in [7, 11) is 0. The number of nitrogens with zero attached hydrogens (tertiary/aromatic N) is 3. The van der Waals surface area contributed by atoms with E-state index in [1.807, 2.05) is 0 Å². The molecule has 0 spiro atoms. The van der Waals surface area contributed by atoms with Crippen LogP contribution in [0.15, 0.2) is 12.2 Å². The monoisotopic (exact) mass is 253 g/mol. The summed E-state index contributed by atoms with van der Waals surface area (Å²) in [4.78, 5) is 38.0. The predicted molar refractivity (Wildman–Crippen MR) is 61.9 cm³/mol. The molecular formula is C11H15N3O4. The van der Waals surface area contributed by atoms with Crippen LogP contribution in [0.3, 0.4) is 0 Å². The number of hydrogen-bond donors (Lipinski definition) is 1. The van der Waals surface area contributed by atoms with E-state index in [9.17, 15) is 14.4 Å². The summed E-state index contributed by atoms with van der Waals surface area (Å²) >= 11 is 0. The van der Waals surface area contributed by atoms with E-state index in [1.165, 1.54) is 22.0 Å². The SMILES string of the molecule is O=C(O)N1CCN(CCN2C(=O)C=CC2=O)CC1. The second-order valence-electron chi connectivity index (χ2n) is 4.27. The van der Waals surface area contributed by atoms with Crippen LogP contribution in [0.2, 0.25) is 0 Å². The zero-order valence-corrected chi connectivity index (χ0v) is 9.91. The maximum atomic E-state index is 11.3. The van der Waals surface area contributed by atoms with Crippen molar-refractivity contribution in [3.63, 3.8) is 0 Å². The lowest BCUT2D eigenvalue weighted by atomic mass is 10.3. The molecule has 0 saturated carbocycles. The second-order valence-corrected chi connectivity index (χ2v) is 4.27. The molecule has 2 aliphatic rings. The summed E-state index contributed by atoms with van der Waals surface area (Å²) < 4.78 is 0. The molecule has 0 bridgehead atoms. The number of piperazine rings is 1. The normalized spacial score (nSPS) is 20.9. The summed E-state index contributed by atoms with van der Waals surface area (Å²) in [5, 5.41) is 8.80. The smallest absolute Gasteiger partial charge is 0.407 e. The highest BCUT2D eigenvalue weighted by Gasteiger charge is 2.25. The molecule has 2 rings (SSSR count). The molecular weight excluding hydrogens is 238 g/mol. The third-order valence-corrected chi connectivity index (χ3v) is 3.18. The molecule has 2 heterocycles. The summed E-state index contributed by atoms with van der Waals surface area (Å²) in [5.41, 5.74) is 0. The topological polar surface area (TPSA) is 81.2 Å². The van der Waals surface area contributed by atoms with Crippen LogP contribution in [0.5, 0.6) is 0 Å². The predicted octanol–water partition coefficient (Wildman–Crippen LogP) is -0.793. The molecule has 0 unspecified atom stereocenters. The van der Waals surface area contributed by atoms with Crippen molar-refractivity contribution < 1.29 is 19.5 Å². The number of carbonyl (C=O) groups excluding carboxylic acids is 2. The van der Waals surface area contributed by atoms with Crippen molar-refractivity contribution >= 4 is 17.9 Å². The molecule has 0 aromatic rings. The van der Waals surface area contributed by atoms with E-state index >= 15 is 0 Å². The first-order valence-electron chi connectivity index (χ1n) is 5.81. The largest absolute Gasteiger partial charge is 0.465 e. The second kappa shape index (κ2) is 5.18.